The van der Waals surface area contributed by atoms with Gasteiger partial charge in [-0.1, -0.05) is 34.1 Å². The van der Waals surface area contributed by atoms with E-state index in [4.69, 9.17) is 5.11 Å². The summed E-state index contributed by atoms with van der Waals surface area (Å²) in [4.78, 5) is 10.2. The summed E-state index contributed by atoms with van der Waals surface area (Å²) in [6, 6.07) is 13.2. The van der Waals surface area contributed by atoms with Crippen LogP contribution in [0.2, 0.25) is 0 Å². The number of para-hydroxylation sites is 1. The van der Waals surface area contributed by atoms with Gasteiger partial charge in [0, 0.05) is 16.7 Å². The van der Waals surface area contributed by atoms with Crippen LogP contribution in [0, 0.1) is 0 Å². The number of nitrogens with one attached hydrogen (secondary N) is 1. The van der Waals surface area contributed by atoms with Crippen LogP contribution in [0.5, 0.6) is 5.75 Å². The lowest BCUT2D eigenvalue weighted by Crippen LogP contribution is -1.90. The summed E-state index contributed by atoms with van der Waals surface area (Å²) in [5.74, 6) is 0.0122. The summed E-state index contributed by atoms with van der Waals surface area (Å²) in [5.41, 5.74) is 3.07. The molecular formula is C15H14BrNO2. The molecule has 0 amide bonds. The van der Waals surface area contributed by atoms with Crippen molar-refractivity contribution in [1.29, 1.82) is 0 Å². The third kappa shape index (κ3) is 3.58. The van der Waals surface area contributed by atoms with Gasteiger partial charge in [-0.2, -0.15) is 0 Å². The molecule has 0 aromatic heterocycles. The average molecular weight is 320 g/mol. The van der Waals surface area contributed by atoms with Gasteiger partial charge in [0.25, 0.3) is 0 Å². The Morgan fingerprint density at radius 3 is 2.68 bits per heavy atom. The Kier molecular flexibility index (Phi) is 4.58. The lowest BCUT2D eigenvalue weighted by molar-refractivity contribution is 0.112. The lowest BCUT2D eigenvalue weighted by Gasteiger charge is -1.95. The molecule has 0 atom stereocenters. The summed E-state index contributed by atoms with van der Waals surface area (Å²) in [5, 5.41) is 12.3. The van der Waals surface area contributed by atoms with Gasteiger partial charge in [-0.05, 0) is 36.2 Å². The smallest absolute Gasteiger partial charge is 0.153 e. The fourth-order valence-electron chi connectivity index (χ4n) is 1.86. The fraction of sp³-hybridized carbons (Fsp3) is 0.133. The van der Waals surface area contributed by atoms with E-state index in [0.29, 0.717) is 11.8 Å². The first kappa shape index (κ1) is 13.6. The minimum atomic E-state index is 0.0122. The van der Waals surface area contributed by atoms with Crippen molar-refractivity contribution in [3.05, 3.63) is 58.1 Å². The highest BCUT2D eigenvalue weighted by atomic mass is 79.9. The molecule has 4 heteroatoms. The Hall–Kier alpha value is -1.81. The Balaban J connectivity index is 0.000000141. The number of hydrogen-bond donors (Lipinski definition) is 2. The molecule has 0 aliphatic carbocycles. The minimum absolute atomic E-state index is 0.0122. The molecule has 1 heterocycles. The van der Waals surface area contributed by atoms with Crippen LogP contribution < -0.4 is 5.32 Å². The molecule has 2 aromatic carbocycles. The topological polar surface area (TPSA) is 49.3 Å². The largest absolute Gasteiger partial charge is 0.507 e. The molecule has 0 bridgehead atoms. The number of anilines is 1. The number of halogens is 1. The zero-order valence-corrected chi connectivity index (χ0v) is 11.9. The molecule has 3 nitrogen and oxygen atoms in total. The third-order valence-corrected chi connectivity index (χ3v) is 3.34. The molecule has 0 unspecified atom stereocenters. The first-order chi connectivity index (χ1) is 9.20. The zero-order valence-electron chi connectivity index (χ0n) is 10.3. The zero-order chi connectivity index (χ0) is 13.7. The van der Waals surface area contributed by atoms with Crippen molar-refractivity contribution in [3.8, 4) is 5.75 Å². The van der Waals surface area contributed by atoms with Gasteiger partial charge in [-0.25, -0.2) is 0 Å². The first-order valence-corrected chi connectivity index (χ1v) is 6.75. The van der Waals surface area contributed by atoms with Crippen LogP contribution in [0.1, 0.15) is 15.9 Å². The average Bonchev–Trinajstić information content (AvgIpc) is 2.90. The second kappa shape index (κ2) is 6.38. The molecule has 19 heavy (non-hydrogen) atoms. The second-order valence-electron chi connectivity index (χ2n) is 4.15. The van der Waals surface area contributed by atoms with Gasteiger partial charge >= 0.3 is 0 Å². The number of phenols is 1. The summed E-state index contributed by atoms with van der Waals surface area (Å²) < 4.78 is 0.785. The molecule has 1 aliphatic heterocycles. The highest BCUT2D eigenvalue weighted by Gasteiger charge is 2.05. The number of carbonyl (C=O) groups is 1. The molecule has 0 fully saturated rings. The van der Waals surface area contributed by atoms with E-state index in [1.165, 1.54) is 23.7 Å². The van der Waals surface area contributed by atoms with Crippen molar-refractivity contribution in [2.75, 3.05) is 11.9 Å². The van der Waals surface area contributed by atoms with Crippen LogP contribution in [0.25, 0.3) is 0 Å². The van der Waals surface area contributed by atoms with Crippen molar-refractivity contribution in [2.24, 2.45) is 0 Å². The molecule has 2 N–H and O–H groups in total. The number of fused-ring (bicyclic) bond motifs is 1. The maximum absolute atomic E-state index is 10.2. The van der Waals surface area contributed by atoms with Gasteiger partial charge in [-0.15, -0.1) is 0 Å². The van der Waals surface area contributed by atoms with Gasteiger partial charge in [0.05, 0.1) is 5.56 Å². The van der Waals surface area contributed by atoms with E-state index in [2.05, 4.69) is 45.5 Å². The van der Waals surface area contributed by atoms with E-state index in [-0.39, 0.29) is 5.75 Å². The molecule has 0 saturated carbocycles. The van der Waals surface area contributed by atoms with Crippen molar-refractivity contribution >= 4 is 27.9 Å². The van der Waals surface area contributed by atoms with Crippen molar-refractivity contribution < 1.29 is 9.90 Å². The summed E-state index contributed by atoms with van der Waals surface area (Å²) in [6.45, 7) is 1.11. The highest BCUT2D eigenvalue weighted by molar-refractivity contribution is 9.10. The Bertz CT molecular complexity index is 561. The number of carbonyl (C=O) groups excluding carboxylic acids is 1. The Morgan fingerprint density at radius 1 is 1.21 bits per heavy atom. The predicted octanol–water partition coefficient (Wildman–Crippen LogP) is 3.62. The highest BCUT2D eigenvalue weighted by Crippen LogP contribution is 2.20. The van der Waals surface area contributed by atoms with Crippen LogP contribution in [0.15, 0.2) is 46.9 Å². The monoisotopic (exact) mass is 319 g/mol. The molecule has 0 radical (unpaired) electrons. The quantitative estimate of drug-likeness (QED) is 0.789. The SMILES string of the molecule is O=Cc1cc(Br)ccc1O.c1ccc2c(c1)CCN2. The van der Waals surface area contributed by atoms with E-state index >= 15 is 0 Å². The maximum Gasteiger partial charge on any atom is 0.153 e. The van der Waals surface area contributed by atoms with Gasteiger partial charge in [0.2, 0.25) is 0 Å². The fourth-order valence-corrected chi connectivity index (χ4v) is 2.24. The van der Waals surface area contributed by atoms with Crippen molar-refractivity contribution in [1.82, 2.24) is 0 Å². The van der Waals surface area contributed by atoms with Gasteiger partial charge in [0.15, 0.2) is 6.29 Å². The number of hydrogen-bond acceptors (Lipinski definition) is 3. The van der Waals surface area contributed by atoms with Crippen LogP contribution in [-0.4, -0.2) is 17.9 Å². The van der Waals surface area contributed by atoms with E-state index in [1.807, 2.05) is 0 Å². The number of benzene rings is 2. The van der Waals surface area contributed by atoms with Crippen LogP contribution in [-0.2, 0) is 6.42 Å². The van der Waals surface area contributed by atoms with Crippen molar-refractivity contribution in [2.45, 2.75) is 6.42 Å². The van der Waals surface area contributed by atoms with Crippen LogP contribution in [0.3, 0.4) is 0 Å². The molecule has 0 spiro atoms. The summed E-state index contributed by atoms with van der Waals surface area (Å²) in [7, 11) is 0. The molecular weight excluding hydrogens is 306 g/mol. The standard InChI is InChI=1S/C8H9N.C7H5BrO2/c1-2-4-8-7(3-1)5-6-9-8;8-6-1-2-7(10)5(3-6)4-9/h1-4,9H,5-6H2;1-4,10H. The number of aromatic hydroxyl groups is 1. The Labute approximate surface area is 120 Å². The second-order valence-corrected chi connectivity index (χ2v) is 5.07. The minimum Gasteiger partial charge on any atom is -0.507 e. The number of aldehydes is 1. The molecule has 3 rings (SSSR count). The number of phenolic OH excluding ortho intramolecular Hbond substituents is 1. The van der Waals surface area contributed by atoms with Crippen LogP contribution in [0.4, 0.5) is 5.69 Å². The van der Waals surface area contributed by atoms with E-state index in [1.54, 1.807) is 12.1 Å². The maximum atomic E-state index is 10.2. The van der Waals surface area contributed by atoms with Gasteiger partial charge in [0.1, 0.15) is 5.75 Å². The van der Waals surface area contributed by atoms with E-state index < -0.39 is 0 Å². The van der Waals surface area contributed by atoms with Gasteiger partial charge in [-0.3, -0.25) is 4.79 Å². The van der Waals surface area contributed by atoms with Gasteiger partial charge < -0.3 is 10.4 Å². The molecule has 0 saturated heterocycles. The first-order valence-electron chi connectivity index (χ1n) is 5.96. The lowest BCUT2D eigenvalue weighted by atomic mass is 10.2. The summed E-state index contributed by atoms with van der Waals surface area (Å²) in [6.07, 6.45) is 1.80. The molecule has 98 valence electrons. The Morgan fingerprint density at radius 2 is 2.00 bits per heavy atom. The molecule has 2 aromatic rings. The van der Waals surface area contributed by atoms with Crippen LogP contribution >= 0.6 is 15.9 Å². The normalized spacial score (nSPS) is 11.8. The molecule has 1 aliphatic rings. The third-order valence-electron chi connectivity index (χ3n) is 2.84. The van der Waals surface area contributed by atoms with Crippen molar-refractivity contribution in [3.63, 3.8) is 0 Å². The number of rotatable bonds is 1. The predicted molar refractivity (Wildman–Crippen MR) is 79.8 cm³/mol. The summed E-state index contributed by atoms with van der Waals surface area (Å²) >= 11 is 3.17. The van der Waals surface area contributed by atoms with E-state index in [9.17, 15) is 4.79 Å². The van der Waals surface area contributed by atoms with E-state index in [0.717, 1.165) is 11.0 Å².